The molecule has 2 heterocycles. The molecule has 88 valence electrons. The standard InChI is InChI=1S/C12H18ClN3/c1-9-5-6-16(10(2)7-9)12-4-3-11(8-13)14-15-12/h3-4,9-10H,5-8H2,1-2H3. The summed E-state index contributed by atoms with van der Waals surface area (Å²) in [6.45, 7) is 5.65. The van der Waals surface area contributed by atoms with Crippen LogP contribution in [0.5, 0.6) is 0 Å². The molecule has 2 unspecified atom stereocenters. The highest BCUT2D eigenvalue weighted by molar-refractivity contribution is 6.16. The number of nitrogens with zero attached hydrogens (tertiary/aromatic N) is 3. The minimum absolute atomic E-state index is 0.430. The van der Waals surface area contributed by atoms with Gasteiger partial charge in [0.1, 0.15) is 0 Å². The molecule has 0 amide bonds. The fraction of sp³-hybridized carbons (Fsp3) is 0.667. The van der Waals surface area contributed by atoms with Crippen molar-refractivity contribution in [2.45, 2.75) is 38.6 Å². The summed E-state index contributed by atoms with van der Waals surface area (Å²) >= 11 is 5.70. The second kappa shape index (κ2) is 5.00. The van der Waals surface area contributed by atoms with Gasteiger partial charge in [0.25, 0.3) is 0 Å². The fourth-order valence-electron chi connectivity index (χ4n) is 2.32. The maximum Gasteiger partial charge on any atom is 0.151 e. The summed E-state index contributed by atoms with van der Waals surface area (Å²) in [4.78, 5) is 2.34. The SMILES string of the molecule is CC1CCN(c2ccc(CCl)nn2)C(C)C1. The third-order valence-electron chi connectivity index (χ3n) is 3.28. The van der Waals surface area contributed by atoms with Gasteiger partial charge in [0.15, 0.2) is 5.82 Å². The van der Waals surface area contributed by atoms with Crippen molar-refractivity contribution in [2.24, 2.45) is 5.92 Å². The van der Waals surface area contributed by atoms with Crippen LogP contribution >= 0.6 is 11.6 Å². The lowest BCUT2D eigenvalue weighted by Gasteiger charge is -2.37. The second-order valence-electron chi connectivity index (χ2n) is 4.69. The molecule has 0 aromatic carbocycles. The summed E-state index contributed by atoms with van der Waals surface area (Å²) in [6.07, 6.45) is 2.47. The topological polar surface area (TPSA) is 29.0 Å². The molecule has 0 radical (unpaired) electrons. The number of anilines is 1. The van der Waals surface area contributed by atoms with Gasteiger partial charge in [-0.25, -0.2) is 0 Å². The normalized spacial score (nSPS) is 25.8. The van der Waals surface area contributed by atoms with Crippen molar-refractivity contribution in [1.29, 1.82) is 0 Å². The van der Waals surface area contributed by atoms with Crippen molar-refractivity contribution in [2.75, 3.05) is 11.4 Å². The zero-order valence-electron chi connectivity index (χ0n) is 9.86. The van der Waals surface area contributed by atoms with Crippen molar-refractivity contribution in [3.8, 4) is 0 Å². The number of aromatic nitrogens is 2. The molecule has 2 rings (SSSR count). The lowest BCUT2D eigenvalue weighted by molar-refractivity contribution is 0.375. The summed E-state index contributed by atoms with van der Waals surface area (Å²) < 4.78 is 0. The van der Waals surface area contributed by atoms with Crippen LogP contribution in [0, 0.1) is 5.92 Å². The molecule has 3 nitrogen and oxygen atoms in total. The summed E-state index contributed by atoms with van der Waals surface area (Å²) in [7, 11) is 0. The predicted molar refractivity (Wildman–Crippen MR) is 66.8 cm³/mol. The number of piperidine rings is 1. The molecule has 1 aromatic heterocycles. The maximum absolute atomic E-state index is 5.70. The van der Waals surface area contributed by atoms with Crippen molar-refractivity contribution in [1.82, 2.24) is 10.2 Å². The Morgan fingerprint density at radius 1 is 1.38 bits per heavy atom. The third-order valence-corrected chi connectivity index (χ3v) is 3.55. The molecule has 1 fully saturated rings. The number of rotatable bonds is 2. The highest BCUT2D eigenvalue weighted by Crippen LogP contribution is 2.25. The fourth-order valence-corrected chi connectivity index (χ4v) is 2.47. The Morgan fingerprint density at radius 2 is 2.19 bits per heavy atom. The molecule has 1 aromatic rings. The van der Waals surface area contributed by atoms with Crippen LogP contribution in [-0.2, 0) is 5.88 Å². The first-order valence-corrected chi connectivity index (χ1v) is 6.39. The van der Waals surface area contributed by atoms with Crippen LogP contribution in [0.4, 0.5) is 5.82 Å². The molecule has 1 saturated heterocycles. The molecule has 16 heavy (non-hydrogen) atoms. The highest BCUT2D eigenvalue weighted by Gasteiger charge is 2.23. The Balaban J connectivity index is 2.11. The molecule has 0 bridgehead atoms. The van der Waals surface area contributed by atoms with E-state index in [0.717, 1.165) is 24.0 Å². The van der Waals surface area contributed by atoms with E-state index in [9.17, 15) is 0 Å². The van der Waals surface area contributed by atoms with Crippen LogP contribution in [0.1, 0.15) is 32.4 Å². The van der Waals surface area contributed by atoms with Crippen molar-refractivity contribution < 1.29 is 0 Å². The number of hydrogen-bond donors (Lipinski definition) is 0. The monoisotopic (exact) mass is 239 g/mol. The largest absolute Gasteiger partial charge is 0.352 e. The van der Waals surface area contributed by atoms with Gasteiger partial charge in [0, 0.05) is 12.6 Å². The van der Waals surface area contributed by atoms with Crippen LogP contribution in [0.15, 0.2) is 12.1 Å². The zero-order valence-corrected chi connectivity index (χ0v) is 10.6. The Morgan fingerprint density at radius 3 is 2.75 bits per heavy atom. The van der Waals surface area contributed by atoms with Gasteiger partial charge in [-0.1, -0.05) is 6.92 Å². The van der Waals surface area contributed by atoms with Crippen LogP contribution in [0.2, 0.25) is 0 Å². The molecular formula is C12H18ClN3. The van der Waals surface area contributed by atoms with Gasteiger partial charge in [-0.15, -0.1) is 16.7 Å². The van der Waals surface area contributed by atoms with Crippen LogP contribution in [0.25, 0.3) is 0 Å². The highest BCUT2D eigenvalue weighted by atomic mass is 35.5. The Labute approximate surface area is 102 Å². The lowest BCUT2D eigenvalue weighted by atomic mass is 9.93. The molecule has 0 N–H and O–H groups in total. The summed E-state index contributed by atoms with van der Waals surface area (Å²) in [5, 5.41) is 8.34. The number of alkyl halides is 1. The van der Waals surface area contributed by atoms with E-state index in [1.165, 1.54) is 12.8 Å². The van der Waals surface area contributed by atoms with Crippen LogP contribution < -0.4 is 4.90 Å². The molecular weight excluding hydrogens is 222 g/mol. The van der Waals surface area contributed by atoms with E-state index in [-0.39, 0.29) is 0 Å². The van der Waals surface area contributed by atoms with E-state index in [1.54, 1.807) is 0 Å². The third kappa shape index (κ3) is 2.46. The van der Waals surface area contributed by atoms with E-state index in [2.05, 4.69) is 28.9 Å². The molecule has 0 saturated carbocycles. The molecule has 0 spiro atoms. The van der Waals surface area contributed by atoms with Gasteiger partial charge < -0.3 is 4.90 Å². The van der Waals surface area contributed by atoms with Gasteiger partial charge in [-0.3, -0.25) is 0 Å². The van der Waals surface area contributed by atoms with Crippen LogP contribution in [-0.4, -0.2) is 22.8 Å². The first-order valence-electron chi connectivity index (χ1n) is 5.86. The van der Waals surface area contributed by atoms with Gasteiger partial charge in [-0.05, 0) is 37.8 Å². The van der Waals surface area contributed by atoms with E-state index in [0.29, 0.717) is 11.9 Å². The van der Waals surface area contributed by atoms with E-state index < -0.39 is 0 Å². The molecule has 1 aliphatic heterocycles. The van der Waals surface area contributed by atoms with Gasteiger partial charge >= 0.3 is 0 Å². The van der Waals surface area contributed by atoms with Gasteiger partial charge in [0.2, 0.25) is 0 Å². The van der Waals surface area contributed by atoms with Crippen molar-refractivity contribution >= 4 is 17.4 Å². The Bertz CT molecular complexity index is 339. The second-order valence-corrected chi connectivity index (χ2v) is 4.96. The number of halogens is 1. The smallest absolute Gasteiger partial charge is 0.151 e. The zero-order chi connectivity index (χ0) is 11.5. The minimum Gasteiger partial charge on any atom is -0.352 e. The quantitative estimate of drug-likeness (QED) is 0.744. The molecule has 0 aliphatic carbocycles. The first kappa shape index (κ1) is 11.6. The van der Waals surface area contributed by atoms with E-state index >= 15 is 0 Å². The molecule has 1 aliphatic rings. The van der Waals surface area contributed by atoms with E-state index in [4.69, 9.17) is 11.6 Å². The van der Waals surface area contributed by atoms with Gasteiger partial charge in [-0.2, -0.15) is 5.10 Å². The maximum atomic E-state index is 5.70. The lowest BCUT2D eigenvalue weighted by Crippen LogP contribution is -2.40. The van der Waals surface area contributed by atoms with Crippen LogP contribution in [0.3, 0.4) is 0 Å². The minimum atomic E-state index is 0.430. The predicted octanol–water partition coefficient (Wildman–Crippen LogP) is 2.84. The summed E-state index contributed by atoms with van der Waals surface area (Å²) in [6, 6.07) is 4.54. The Hall–Kier alpha value is -0.830. The molecule has 4 heteroatoms. The van der Waals surface area contributed by atoms with Crippen molar-refractivity contribution in [3.05, 3.63) is 17.8 Å². The van der Waals surface area contributed by atoms with E-state index in [1.807, 2.05) is 12.1 Å². The van der Waals surface area contributed by atoms with Gasteiger partial charge in [0.05, 0.1) is 11.6 Å². The average Bonchev–Trinajstić information content (AvgIpc) is 2.29. The molecule has 2 atom stereocenters. The average molecular weight is 240 g/mol. The van der Waals surface area contributed by atoms with Crippen molar-refractivity contribution in [3.63, 3.8) is 0 Å². The Kier molecular flexibility index (Phi) is 3.64. The first-order chi connectivity index (χ1) is 7.70. The number of hydrogen-bond acceptors (Lipinski definition) is 3. The summed E-state index contributed by atoms with van der Waals surface area (Å²) in [5.74, 6) is 2.23. The summed E-state index contributed by atoms with van der Waals surface area (Å²) in [5.41, 5.74) is 0.837.